The van der Waals surface area contributed by atoms with Crippen molar-refractivity contribution in [3.05, 3.63) is 53.5 Å². The first kappa shape index (κ1) is 21.6. The molecule has 31 heavy (non-hydrogen) atoms. The van der Waals surface area contributed by atoms with E-state index < -0.39 is 21.1 Å². The molecule has 3 heterocycles. The highest BCUT2D eigenvalue weighted by molar-refractivity contribution is 7.91. The van der Waals surface area contributed by atoms with Crippen molar-refractivity contribution in [3.63, 3.8) is 0 Å². The largest absolute Gasteiger partial charge is 0.294 e. The van der Waals surface area contributed by atoms with Crippen LogP contribution in [-0.4, -0.2) is 36.6 Å². The van der Waals surface area contributed by atoms with Crippen molar-refractivity contribution in [1.82, 2.24) is 4.98 Å². The Balaban J connectivity index is 1.66. The topological polar surface area (TPSA) is 84.4 Å². The second kappa shape index (κ2) is 7.22. The molecule has 1 aromatic carbocycles. The number of hydrogen-bond donors (Lipinski definition) is 0. The number of fused-ring (bicyclic) bond motifs is 1. The van der Waals surface area contributed by atoms with E-state index >= 15 is 0 Å². The Morgan fingerprint density at radius 2 is 1.81 bits per heavy atom. The van der Waals surface area contributed by atoms with Crippen LogP contribution in [0.25, 0.3) is 0 Å². The minimum Gasteiger partial charge on any atom is -0.294 e. The van der Waals surface area contributed by atoms with Crippen molar-refractivity contribution in [3.8, 4) is 0 Å². The molecule has 2 aromatic rings. The maximum atomic E-state index is 14.4. The van der Waals surface area contributed by atoms with E-state index in [4.69, 9.17) is 0 Å². The quantitative estimate of drug-likeness (QED) is 0.667. The van der Waals surface area contributed by atoms with E-state index in [-0.39, 0.29) is 40.7 Å². The van der Waals surface area contributed by atoms with Crippen LogP contribution in [0.1, 0.15) is 56.0 Å². The Morgan fingerprint density at radius 3 is 2.45 bits per heavy atom. The van der Waals surface area contributed by atoms with Gasteiger partial charge in [0.25, 0.3) is 0 Å². The second-order valence-corrected chi connectivity index (χ2v) is 11.7. The number of nitrogens with zero attached hydrogens (tertiary/aromatic N) is 2. The summed E-state index contributed by atoms with van der Waals surface area (Å²) < 4.78 is 37.9. The lowest BCUT2D eigenvalue weighted by molar-refractivity contribution is -0.121. The van der Waals surface area contributed by atoms with Crippen molar-refractivity contribution in [2.45, 2.75) is 45.4 Å². The first-order valence-corrected chi connectivity index (χ1v) is 12.1. The standard InChI is InChI=1S/C23H25FN2O4S/c1-22(2)16-12-15(19(27)13-23(3)8-10-31(29,30)11-9-23)14-25-20(16)26(21(22)28)18-7-5-4-6-17(18)24/h4-7,12,14H,8-11,13H2,1-3H3. The van der Waals surface area contributed by atoms with Gasteiger partial charge in [0.2, 0.25) is 5.91 Å². The first-order chi connectivity index (χ1) is 14.4. The summed E-state index contributed by atoms with van der Waals surface area (Å²) in [4.78, 5) is 31.8. The van der Waals surface area contributed by atoms with Crippen LogP contribution in [0, 0.1) is 11.2 Å². The van der Waals surface area contributed by atoms with E-state index in [1.807, 2.05) is 6.92 Å². The van der Waals surface area contributed by atoms with Gasteiger partial charge < -0.3 is 0 Å². The molecule has 1 fully saturated rings. The summed E-state index contributed by atoms with van der Waals surface area (Å²) in [5, 5.41) is 0. The molecule has 0 aliphatic carbocycles. The lowest BCUT2D eigenvalue weighted by Gasteiger charge is -2.32. The number of rotatable bonds is 4. The molecule has 0 saturated carbocycles. The number of amides is 1. The summed E-state index contributed by atoms with van der Waals surface area (Å²) in [6.45, 7) is 5.41. The SMILES string of the molecule is CC1(CC(=O)c2cnc3c(c2)C(C)(C)C(=O)N3c2ccccc2F)CCS(=O)(=O)CC1. The molecule has 0 unspecified atom stereocenters. The van der Waals surface area contributed by atoms with Crippen LogP contribution >= 0.6 is 0 Å². The maximum absolute atomic E-state index is 14.4. The van der Waals surface area contributed by atoms with Gasteiger partial charge in [0.15, 0.2) is 5.78 Å². The van der Waals surface area contributed by atoms with Crippen molar-refractivity contribution in [2.24, 2.45) is 5.41 Å². The number of hydrogen-bond acceptors (Lipinski definition) is 5. The monoisotopic (exact) mass is 444 g/mol. The van der Waals surface area contributed by atoms with Crippen LogP contribution in [0.5, 0.6) is 0 Å². The molecule has 1 saturated heterocycles. The number of sulfone groups is 1. The number of benzene rings is 1. The van der Waals surface area contributed by atoms with Crippen molar-refractivity contribution >= 4 is 33.0 Å². The number of pyridine rings is 1. The molecule has 0 spiro atoms. The third-order valence-corrected chi connectivity index (χ3v) is 8.18. The summed E-state index contributed by atoms with van der Waals surface area (Å²) in [5.41, 5.74) is -0.273. The van der Waals surface area contributed by atoms with Crippen molar-refractivity contribution < 1.29 is 22.4 Å². The second-order valence-electron chi connectivity index (χ2n) is 9.37. The van der Waals surface area contributed by atoms with Gasteiger partial charge in [0, 0.05) is 23.7 Å². The van der Waals surface area contributed by atoms with Crippen LogP contribution in [0.2, 0.25) is 0 Å². The van der Waals surface area contributed by atoms with Crippen molar-refractivity contribution in [1.29, 1.82) is 0 Å². The zero-order valence-corrected chi connectivity index (χ0v) is 18.6. The van der Waals surface area contributed by atoms with Crippen LogP contribution in [0.4, 0.5) is 15.9 Å². The Labute approximate surface area is 181 Å². The van der Waals surface area contributed by atoms with E-state index in [9.17, 15) is 22.4 Å². The molecule has 2 aliphatic heterocycles. The molecule has 0 atom stereocenters. The van der Waals surface area contributed by atoms with E-state index in [0.29, 0.717) is 29.8 Å². The molecule has 0 N–H and O–H groups in total. The molecule has 0 radical (unpaired) electrons. The fraction of sp³-hybridized carbons (Fsp3) is 0.435. The fourth-order valence-corrected chi connectivity index (χ4v) is 6.10. The van der Waals surface area contributed by atoms with Crippen LogP contribution in [0.15, 0.2) is 36.5 Å². The summed E-state index contributed by atoms with van der Waals surface area (Å²) in [6, 6.07) is 7.69. The molecule has 164 valence electrons. The number of anilines is 2. The van der Waals surface area contributed by atoms with Gasteiger partial charge >= 0.3 is 0 Å². The smallest absolute Gasteiger partial charge is 0.243 e. The van der Waals surface area contributed by atoms with Gasteiger partial charge in [-0.3, -0.25) is 14.5 Å². The minimum atomic E-state index is -3.02. The van der Waals surface area contributed by atoms with Gasteiger partial charge in [-0.1, -0.05) is 19.1 Å². The Kier molecular flexibility index (Phi) is 5.04. The Hall–Kier alpha value is -2.61. The van der Waals surface area contributed by atoms with Gasteiger partial charge in [0.1, 0.15) is 21.5 Å². The van der Waals surface area contributed by atoms with Gasteiger partial charge in [-0.15, -0.1) is 0 Å². The molecule has 2 aliphatic rings. The average molecular weight is 445 g/mol. The lowest BCUT2D eigenvalue weighted by atomic mass is 9.78. The van der Waals surface area contributed by atoms with Crippen LogP contribution < -0.4 is 4.90 Å². The minimum absolute atomic E-state index is 0.0956. The Morgan fingerprint density at radius 1 is 1.16 bits per heavy atom. The average Bonchev–Trinajstić information content (AvgIpc) is 2.91. The van der Waals surface area contributed by atoms with Gasteiger partial charge in [-0.05, 0) is 50.3 Å². The zero-order chi connectivity index (χ0) is 22.6. The summed E-state index contributed by atoms with van der Waals surface area (Å²) >= 11 is 0. The summed E-state index contributed by atoms with van der Waals surface area (Å²) in [5.74, 6) is -0.455. The molecular weight excluding hydrogens is 419 g/mol. The molecule has 8 heteroatoms. The highest BCUT2D eigenvalue weighted by Crippen LogP contribution is 2.45. The van der Waals surface area contributed by atoms with E-state index in [0.717, 1.165) is 0 Å². The summed E-state index contributed by atoms with van der Waals surface area (Å²) in [7, 11) is -3.02. The maximum Gasteiger partial charge on any atom is 0.243 e. The summed E-state index contributed by atoms with van der Waals surface area (Å²) in [6.07, 6.45) is 2.54. The molecule has 1 amide bonds. The normalized spacial score (nSPS) is 21.0. The number of carbonyl (C=O) groups is 2. The first-order valence-electron chi connectivity index (χ1n) is 10.3. The number of carbonyl (C=O) groups excluding carboxylic acids is 2. The molecule has 1 aromatic heterocycles. The van der Waals surface area contributed by atoms with Gasteiger partial charge in [-0.25, -0.2) is 17.8 Å². The Bertz CT molecular complexity index is 1180. The van der Waals surface area contributed by atoms with E-state index in [1.54, 1.807) is 32.0 Å². The predicted octanol–water partition coefficient (Wildman–Crippen LogP) is 3.96. The predicted molar refractivity (Wildman–Crippen MR) is 116 cm³/mol. The fourth-order valence-electron chi connectivity index (χ4n) is 4.29. The molecular formula is C23H25FN2O4S. The van der Waals surface area contributed by atoms with Gasteiger partial charge in [0.05, 0.1) is 22.6 Å². The lowest BCUT2D eigenvalue weighted by Crippen LogP contribution is -2.33. The number of halogens is 1. The molecule has 4 rings (SSSR count). The van der Waals surface area contributed by atoms with E-state index in [2.05, 4.69) is 4.98 Å². The zero-order valence-electron chi connectivity index (χ0n) is 17.8. The van der Waals surface area contributed by atoms with Crippen molar-refractivity contribution in [2.75, 3.05) is 16.4 Å². The third-order valence-electron chi connectivity index (χ3n) is 6.53. The highest BCUT2D eigenvalue weighted by atomic mass is 32.2. The number of para-hydroxylation sites is 1. The van der Waals surface area contributed by atoms with Gasteiger partial charge in [-0.2, -0.15) is 0 Å². The number of ketones is 1. The van der Waals surface area contributed by atoms with Crippen LogP contribution in [0.3, 0.4) is 0 Å². The number of Topliss-reactive ketones (excluding diaryl/α,β-unsaturated/α-hetero) is 1. The molecule has 0 bridgehead atoms. The number of aromatic nitrogens is 1. The van der Waals surface area contributed by atoms with E-state index in [1.165, 1.54) is 23.2 Å². The van der Waals surface area contributed by atoms with Crippen LogP contribution in [-0.2, 0) is 20.0 Å². The highest BCUT2D eigenvalue weighted by Gasteiger charge is 2.47. The third kappa shape index (κ3) is 3.78. The molecule has 6 nitrogen and oxygen atoms in total.